The Hall–Kier alpha value is -1.89. The van der Waals surface area contributed by atoms with E-state index in [0.29, 0.717) is 17.3 Å². The van der Waals surface area contributed by atoms with E-state index in [9.17, 15) is 9.59 Å². The van der Waals surface area contributed by atoms with Crippen LogP contribution >= 0.6 is 11.8 Å². The lowest BCUT2D eigenvalue weighted by molar-refractivity contribution is -0.132. The maximum Gasteiger partial charge on any atom is 0.237 e. The van der Waals surface area contributed by atoms with Gasteiger partial charge in [-0.15, -0.1) is 11.8 Å². The third kappa shape index (κ3) is 2.82. The molecule has 1 atom stereocenters. The molecule has 7 heteroatoms. The minimum absolute atomic E-state index is 0.100. The second-order valence-electron chi connectivity index (χ2n) is 4.26. The van der Waals surface area contributed by atoms with Crippen LogP contribution in [0.5, 0.6) is 11.5 Å². The van der Waals surface area contributed by atoms with Gasteiger partial charge in [0.15, 0.2) is 0 Å². The lowest BCUT2D eigenvalue weighted by Crippen LogP contribution is -2.36. The Labute approximate surface area is 121 Å². The van der Waals surface area contributed by atoms with Crippen LogP contribution in [0.2, 0.25) is 0 Å². The molecule has 1 fully saturated rings. The fourth-order valence-corrected chi connectivity index (χ4v) is 3.29. The van der Waals surface area contributed by atoms with Gasteiger partial charge in [-0.2, -0.15) is 0 Å². The Bertz CT molecular complexity index is 535. The van der Waals surface area contributed by atoms with Crippen molar-refractivity contribution in [1.29, 1.82) is 0 Å². The van der Waals surface area contributed by atoms with E-state index in [1.165, 1.54) is 16.7 Å². The number of methoxy groups -OCH3 is 2. The average molecular weight is 296 g/mol. The predicted molar refractivity (Wildman–Crippen MR) is 75.7 cm³/mol. The smallest absolute Gasteiger partial charge is 0.237 e. The van der Waals surface area contributed by atoms with Gasteiger partial charge in [0.25, 0.3) is 0 Å². The molecule has 1 aliphatic heterocycles. The van der Waals surface area contributed by atoms with Crippen LogP contribution in [-0.2, 0) is 9.59 Å². The Kier molecular flexibility index (Phi) is 4.39. The molecule has 1 aromatic rings. The maximum atomic E-state index is 11.9. The zero-order valence-corrected chi connectivity index (χ0v) is 12.1. The fraction of sp³-hybridized carbons (Fsp3) is 0.385. The first kappa shape index (κ1) is 14.5. The lowest BCUT2D eigenvalue weighted by Gasteiger charge is -2.24. The van der Waals surface area contributed by atoms with Gasteiger partial charge in [-0.1, -0.05) is 0 Å². The van der Waals surface area contributed by atoms with Crippen molar-refractivity contribution in [3.63, 3.8) is 0 Å². The number of rotatable bonds is 5. The number of nitrogens with two attached hydrogens (primary N) is 1. The van der Waals surface area contributed by atoms with Crippen LogP contribution in [0.3, 0.4) is 0 Å². The van der Waals surface area contributed by atoms with E-state index in [4.69, 9.17) is 15.2 Å². The van der Waals surface area contributed by atoms with Crippen LogP contribution < -0.4 is 15.2 Å². The molecule has 0 aliphatic carbocycles. The molecular formula is C13H16N2O4S. The van der Waals surface area contributed by atoms with Gasteiger partial charge in [0.05, 0.1) is 20.0 Å². The fourth-order valence-electron chi connectivity index (χ4n) is 2.08. The highest BCUT2D eigenvalue weighted by atomic mass is 32.2. The van der Waals surface area contributed by atoms with Crippen LogP contribution in [0, 0.1) is 0 Å². The van der Waals surface area contributed by atoms with Crippen LogP contribution in [0.1, 0.15) is 10.9 Å². The van der Waals surface area contributed by atoms with Gasteiger partial charge in [-0.05, 0) is 18.2 Å². The van der Waals surface area contributed by atoms with Crippen LogP contribution in [0.4, 0.5) is 0 Å². The number of benzene rings is 1. The van der Waals surface area contributed by atoms with E-state index in [0.717, 1.165) is 5.56 Å². The largest absolute Gasteiger partial charge is 0.497 e. The Balaban J connectivity index is 2.37. The average Bonchev–Trinajstić information content (AvgIpc) is 2.79. The number of carbonyl (C=O) groups excluding carboxylic acids is 2. The SMILES string of the molecule is COc1ccc(OC)c([C@H]2SCC(=O)N2CC(N)=O)c1. The summed E-state index contributed by atoms with van der Waals surface area (Å²) in [5.41, 5.74) is 6.00. The van der Waals surface area contributed by atoms with Crippen molar-refractivity contribution in [2.75, 3.05) is 26.5 Å². The number of carbonyl (C=O) groups is 2. The molecular weight excluding hydrogens is 280 g/mol. The molecule has 1 aliphatic rings. The van der Waals surface area contributed by atoms with Gasteiger partial charge < -0.3 is 20.1 Å². The van der Waals surface area contributed by atoms with Crippen molar-refractivity contribution in [2.45, 2.75) is 5.37 Å². The van der Waals surface area contributed by atoms with Gasteiger partial charge in [0.1, 0.15) is 23.4 Å². The van der Waals surface area contributed by atoms with Crippen LogP contribution in [-0.4, -0.2) is 43.2 Å². The number of amides is 2. The Morgan fingerprint density at radius 1 is 1.45 bits per heavy atom. The number of ether oxygens (including phenoxy) is 2. The summed E-state index contributed by atoms with van der Waals surface area (Å²) in [6, 6.07) is 5.37. The standard InChI is InChI=1S/C13H16N2O4S/c1-18-8-3-4-10(19-2)9(5-8)13-15(6-11(14)16)12(17)7-20-13/h3-5,13H,6-7H2,1-2H3,(H2,14,16)/t13-/m1/s1. The molecule has 0 spiro atoms. The minimum Gasteiger partial charge on any atom is -0.497 e. The summed E-state index contributed by atoms with van der Waals surface area (Å²) in [5.74, 6) is 0.988. The molecule has 2 N–H and O–H groups in total. The van der Waals surface area contributed by atoms with Crippen molar-refractivity contribution in [1.82, 2.24) is 4.90 Å². The van der Waals surface area contributed by atoms with Gasteiger partial charge in [-0.25, -0.2) is 0 Å². The summed E-state index contributed by atoms with van der Waals surface area (Å²) in [4.78, 5) is 24.5. The van der Waals surface area contributed by atoms with Gasteiger partial charge >= 0.3 is 0 Å². The van der Waals surface area contributed by atoms with Gasteiger partial charge in [0.2, 0.25) is 11.8 Å². The quantitative estimate of drug-likeness (QED) is 0.867. The maximum absolute atomic E-state index is 11.9. The molecule has 0 unspecified atom stereocenters. The second kappa shape index (κ2) is 6.04. The monoisotopic (exact) mass is 296 g/mol. The third-order valence-electron chi connectivity index (χ3n) is 3.00. The van der Waals surface area contributed by atoms with E-state index >= 15 is 0 Å². The van der Waals surface area contributed by atoms with Crippen molar-refractivity contribution >= 4 is 23.6 Å². The normalized spacial score (nSPS) is 18.2. The molecule has 0 radical (unpaired) electrons. The molecule has 1 heterocycles. The summed E-state index contributed by atoms with van der Waals surface area (Å²) < 4.78 is 10.5. The highest BCUT2D eigenvalue weighted by molar-refractivity contribution is 8.00. The number of hydrogen-bond donors (Lipinski definition) is 1. The van der Waals surface area contributed by atoms with Crippen molar-refractivity contribution in [2.24, 2.45) is 5.73 Å². The Morgan fingerprint density at radius 2 is 2.20 bits per heavy atom. The van der Waals surface area contributed by atoms with E-state index in [1.807, 2.05) is 6.07 Å². The highest BCUT2D eigenvalue weighted by Gasteiger charge is 2.35. The first-order chi connectivity index (χ1) is 9.56. The van der Waals surface area contributed by atoms with Gasteiger partial charge in [-0.3, -0.25) is 9.59 Å². The molecule has 2 amide bonds. The molecule has 0 saturated carbocycles. The molecule has 1 aromatic carbocycles. The zero-order chi connectivity index (χ0) is 14.7. The predicted octanol–water partition coefficient (Wildman–Crippen LogP) is 0.763. The molecule has 2 rings (SSSR count). The molecule has 6 nitrogen and oxygen atoms in total. The Morgan fingerprint density at radius 3 is 2.80 bits per heavy atom. The van der Waals surface area contributed by atoms with Crippen molar-refractivity contribution in [3.05, 3.63) is 23.8 Å². The summed E-state index contributed by atoms with van der Waals surface area (Å²) in [7, 11) is 3.13. The summed E-state index contributed by atoms with van der Waals surface area (Å²) in [6.07, 6.45) is 0. The molecule has 20 heavy (non-hydrogen) atoms. The molecule has 1 saturated heterocycles. The van der Waals surface area contributed by atoms with E-state index in [-0.39, 0.29) is 17.8 Å². The van der Waals surface area contributed by atoms with E-state index in [2.05, 4.69) is 0 Å². The summed E-state index contributed by atoms with van der Waals surface area (Å²) in [5, 5.41) is -0.292. The zero-order valence-electron chi connectivity index (χ0n) is 11.3. The topological polar surface area (TPSA) is 81.9 Å². The molecule has 0 aromatic heterocycles. The van der Waals surface area contributed by atoms with Gasteiger partial charge in [0, 0.05) is 5.56 Å². The molecule has 108 valence electrons. The van der Waals surface area contributed by atoms with Crippen molar-refractivity contribution in [3.8, 4) is 11.5 Å². The first-order valence-corrected chi connectivity index (χ1v) is 7.03. The van der Waals surface area contributed by atoms with Crippen molar-refractivity contribution < 1.29 is 19.1 Å². The molecule has 0 bridgehead atoms. The van der Waals surface area contributed by atoms with E-state index in [1.54, 1.807) is 26.4 Å². The minimum atomic E-state index is -0.535. The summed E-state index contributed by atoms with van der Waals surface area (Å²) in [6.45, 7) is -0.100. The first-order valence-electron chi connectivity index (χ1n) is 5.98. The lowest BCUT2D eigenvalue weighted by atomic mass is 10.1. The van der Waals surface area contributed by atoms with Crippen LogP contribution in [0.15, 0.2) is 18.2 Å². The number of hydrogen-bond acceptors (Lipinski definition) is 5. The number of thioether (sulfide) groups is 1. The van der Waals surface area contributed by atoms with E-state index < -0.39 is 5.91 Å². The third-order valence-corrected chi connectivity index (χ3v) is 4.23. The highest BCUT2D eigenvalue weighted by Crippen LogP contribution is 2.43. The summed E-state index contributed by atoms with van der Waals surface area (Å²) >= 11 is 1.44. The number of nitrogens with zero attached hydrogens (tertiary/aromatic N) is 1. The van der Waals surface area contributed by atoms with Crippen LogP contribution in [0.25, 0.3) is 0 Å². The second-order valence-corrected chi connectivity index (χ2v) is 5.33. The number of primary amides is 1.